The molecule has 0 amide bonds. The van der Waals surface area contributed by atoms with Crippen molar-refractivity contribution in [2.75, 3.05) is 12.3 Å². The Bertz CT molecular complexity index is 1020. The Morgan fingerprint density at radius 1 is 0.857 bits per heavy atom. The number of nitrogens with two attached hydrogens (primary N) is 1. The van der Waals surface area contributed by atoms with Gasteiger partial charge in [-0.25, -0.2) is 0 Å². The molecular weight excluding hydrogens is 346 g/mol. The topological polar surface area (TPSA) is 63.9 Å². The van der Waals surface area contributed by atoms with Gasteiger partial charge >= 0.3 is 0 Å². The highest BCUT2D eigenvalue weighted by molar-refractivity contribution is 5.72. The molecule has 0 atom stereocenters. The van der Waals surface area contributed by atoms with E-state index in [1.54, 1.807) is 0 Å². The van der Waals surface area contributed by atoms with E-state index >= 15 is 0 Å². The summed E-state index contributed by atoms with van der Waals surface area (Å²) in [7, 11) is 0. The van der Waals surface area contributed by atoms with E-state index < -0.39 is 0 Å². The van der Waals surface area contributed by atoms with Gasteiger partial charge in [0, 0.05) is 16.8 Å². The van der Waals surface area contributed by atoms with E-state index in [1.165, 1.54) is 5.56 Å². The lowest BCUT2D eigenvalue weighted by Crippen LogP contribution is -2.00. The van der Waals surface area contributed by atoms with E-state index in [2.05, 4.69) is 34.5 Å². The number of H-pyrrole nitrogens is 1. The van der Waals surface area contributed by atoms with E-state index in [1.807, 2.05) is 60.7 Å². The number of aromatic amines is 1. The smallest absolute Gasteiger partial charge is 0.128 e. The Morgan fingerprint density at radius 2 is 1.61 bits per heavy atom. The van der Waals surface area contributed by atoms with Gasteiger partial charge in [-0.05, 0) is 48.7 Å². The van der Waals surface area contributed by atoms with Gasteiger partial charge in [0.25, 0.3) is 0 Å². The minimum absolute atomic E-state index is 0.671. The van der Waals surface area contributed by atoms with Crippen molar-refractivity contribution in [3.63, 3.8) is 0 Å². The molecule has 0 bridgehead atoms. The van der Waals surface area contributed by atoms with Gasteiger partial charge in [-0.2, -0.15) is 5.10 Å². The Hall–Kier alpha value is -3.53. The maximum Gasteiger partial charge on any atom is 0.128 e. The number of anilines is 1. The summed E-state index contributed by atoms with van der Waals surface area (Å²) in [6.07, 6.45) is 1.98. The summed E-state index contributed by atoms with van der Waals surface area (Å²) in [6.45, 7) is 0.671. The van der Waals surface area contributed by atoms with Crippen LogP contribution in [0.25, 0.3) is 22.5 Å². The quantitative estimate of drug-likeness (QED) is 0.341. The van der Waals surface area contributed by atoms with E-state index in [-0.39, 0.29) is 0 Å². The van der Waals surface area contributed by atoms with Gasteiger partial charge in [0.2, 0.25) is 0 Å². The first-order valence-corrected chi connectivity index (χ1v) is 9.47. The van der Waals surface area contributed by atoms with Crippen molar-refractivity contribution in [3.05, 3.63) is 90.5 Å². The third-order valence-corrected chi connectivity index (χ3v) is 4.67. The first kappa shape index (κ1) is 17.9. The largest absolute Gasteiger partial charge is 0.493 e. The van der Waals surface area contributed by atoms with Crippen molar-refractivity contribution < 1.29 is 4.74 Å². The van der Waals surface area contributed by atoms with Gasteiger partial charge in [-0.1, -0.05) is 54.6 Å². The van der Waals surface area contributed by atoms with Gasteiger partial charge in [0.1, 0.15) is 5.75 Å². The van der Waals surface area contributed by atoms with Crippen LogP contribution in [0.1, 0.15) is 12.0 Å². The van der Waals surface area contributed by atoms with Crippen LogP contribution in [0.2, 0.25) is 0 Å². The number of rotatable bonds is 7. The molecule has 0 aliphatic rings. The van der Waals surface area contributed by atoms with Gasteiger partial charge in [0.15, 0.2) is 0 Å². The zero-order valence-electron chi connectivity index (χ0n) is 15.6. The van der Waals surface area contributed by atoms with E-state index in [0.29, 0.717) is 6.61 Å². The Balaban J connectivity index is 1.45. The second-order valence-electron chi connectivity index (χ2n) is 6.72. The van der Waals surface area contributed by atoms with Crippen LogP contribution in [0.3, 0.4) is 0 Å². The molecule has 0 saturated heterocycles. The van der Waals surface area contributed by atoms with Crippen LogP contribution in [-0.4, -0.2) is 16.8 Å². The summed E-state index contributed by atoms with van der Waals surface area (Å²) in [5, 5.41) is 7.58. The zero-order chi connectivity index (χ0) is 19.2. The summed E-state index contributed by atoms with van der Waals surface area (Å²) in [5.74, 6) is 0.864. The fraction of sp³-hybridized carbons (Fsp3) is 0.125. The maximum atomic E-state index is 6.08. The lowest BCUT2D eigenvalue weighted by Gasteiger charge is -2.10. The molecule has 140 valence electrons. The first-order chi connectivity index (χ1) is 13.8. The number of nitrogens with one attached hydrogen (secondary N) is 1. The van der Waals surface area contributed by atoms with Crippen molar-refractivity contribution in [2.24, 2.45) is 0 Å². The molecule has 0 radical (unpaired) electrons. The normalized spacial score (nSPS) is 10.7. The number of para-hydroxylation sites is 1. The second kappa shape index (κ2) is 8.44. The standard InChI is InChI=1S/C24H23N3O/c25-20-14-12-19(13-15-20)22-17-23(27-26-22)21-10-4-5-11-24(21)28-16-6-9-18-7-2-1-3-8-18/h1-5,7-8,10-15,17H,6,9,16,25H2,(H,26,27). The number of aromatic nitrogens is 2. The van der Waals surface area contributed by atoms with Gasteiger partial charge in [-0.15, -0.1) is 0 Å². The second-order valence-corrected chi connectivity index (χ2v) is 6.72. The van der Waals surface area contributed by atoms with Crippen LogP contribution in [-0.2, 0) is 6.42 Å². The van der Waals surface area contributed by atoms with Crippen molar-refractivity contribution in [1.29, 1.82) is 0 Å². The number of hydrogen-bond donors (Lipinski definition) is 2. The number of benzene rings is 3. The molecule has 4 rings (SSSR count). The molecule has 0 aliphatic carbocycles. The molecule has 0 fully saturated rings. The summed E-state index contributed by atoms with van der Waals surface area (Å²) in [5.41, 5.74) is 11.7. The van der Waals surface area contributed by atoms with Crippen molar-refractivity contribution in [2.45, 2.75) is 12.8 Å². The molecule has 0 spiro atoms. The fourth-order valence-electron chi connectivity index (χ4n) is 3.18. The molecule has 4 nitrogen and oxygen atoms in total. The maximum absolute atomic E-state index is 6.08. The average Bonchev–Trinajstić information content (AvgIpc) is 3.23. The monoisotopic (exact) mass is 369 g/mol. The number of ether oxygens (including phenoxy) is 1. The molecule has 1 heterocycles. The van der Waals surface area contributed by atoms with E-state index in [0.717, 1.165) is 46.8 Å². The van der Waals surface area contributed by atoms with Crippen LogP contribution >= 0.6 is 0 Å². The molecule has 4 heteroatoms. The number of aryl methyl sites for hydroxylation is 1. The molecule has 4 aromatic rings. The molecule has 3 aromatic carbocycles. The highest BCUT2D eigenvalue weighted by Gasteiger charge is 2.10. The minimum Gasteiger partial charge on any atom is -0.493 e. The molecule has 1 aromatic heterocycles. The molecule has 0 saturated carbocycles. The first-order valence-electron chi connectivity index (χ1n) is 9.47. The van der Waals surface area contributed by atoms with E-state index in [9.17, 15) is 0 Å². The number of nitrogens with zero attached hydrogens (tertiary/aromatic N) is 1. The van der Waals surface area contributed by atoms with Crippen LogP contribution in [0, 0.1) is 0 Å². The Labute approximate surface area is 165 Å². The van der Waals surface area contributed by atoms with Gasteiger partial charge < -0.3 is 10.5 Å². The van der Waals surface area contributed by atoms with Gasteiger partial charge in [0.05, 0.1) is 18.0 Å². The molecular formula is C24H23N3O. The molecule has 3 N–H and O–H groups in total. The van der Waals surface area contributed by atoms with Crippen LogP contribution in [0.4, 0.5) is 5.69 Å². The Morgan fingerprint density at radius 3 is 2.43 bits per heavy atom. The van der Waals surface area contributed by atoms with Gasteiger partial charge in [-0.3, -0.25) is 5.10 Å². The van der Waals surface area contributed by atoms with Crippen molar-refractivity contribution in [3.8, 4) is 28.3 Å². The molecule has 0 unspecified atom stereocenters. The van der Waals surface area contributed by atoms with Crippen LogP contribution in [0.15, 0.2) is 84.9 Å². The van der Waals surface area contributed by atoms with Crippen LogP contribution < -0.4 is 10.5 Å². The predicted molar refractivity (Wildman–Crippen MR) is 114 cm³/mol. The molecule has 28 heavy (non-hydrogen) atoms. The minimum atomic E-state index is 0.671. The Kier molecular flexibility index (Phi) is 5.38. The summed E-state index contributed by atoms with van der Waals surface area (Å²) >= 11 is 0. The average molecular weight is 369 g/mol. The lowest BCUT2D eigenvalue weighted by atomic mass is 10.1. The highest BCUT2D eigenvalue weighted by atomic mass is 16.5. The lowest BCUT2D eigenvalue weighted by molar-refractivity contribution is 0.312. The van der Waals surface area contributed by atoms with Crippen molar-refractivity contribution >= 4 is 5.69 Å². The van der Waals surface area contributed by atoms with E-state index in [4.69, 9.17) is 10.5 Å². The predicted octanol–water partition coefficient (Wildman–Crippen LogP) is 5.34. The summed E-state index contributed by atoms with van der Waals surface area (Å²) < 4.78 is 6.08. The summed E-state index contributed by atoms with van der Waals surface area (Å²) in [6, 6.07) is 28.3. The zero-order valence-corrected chi connectivity index (χ0v) is 15.6. The SMILES string of the molecule is Nc1ccc(-c2cc(-c3ccccc3OCCCc3ccccc3)[nH]n2)cc1. The third-order valence-electron chi connectivity index (χ3n) is 4.67. The van der Waals surface area contributed by atoms with Crippen molar-refractivity contribution in [1.82, 2.24) is 10.2 Å². The highest BCUT2D eigenvalue weighted by Crippen LogP contribution is 2.31. The number of hydrogen-bond acceptors (Lipinski definition) is 3. The summed E-state index contributed by atoms with van der Waals surface area (Å²) in [4.78, 5) is 0. The third kappa shape index (κ3) is 4.23. The fourth-order valence-corrected chi connectivity index (χ4v) is 3.18. The van der Waals surface area contributed by atoms with Crippen LogP contribution in [0.5, 0.6) is 5.75 Å². The number of nitrogen functional groups attached to an aromatic ring is 1. The molecule has 0 aliphatic heterocycles.